The van der Waals surface area contributed by atoms with Crippen LogP contribution in [0.5, 0.6) is 5.75 Å². The number of ether oxygens (including phenoxy) is 3. The van der Waals surface area contributed by atoms with Gasteiger partial charge in [-0.25, -0.2) is 19.6 Å². The highest BCUT2D eigenvalue weighted by Crippen LogP contribution is 2.39. The van der Waals surface area contributed by atoms with Crippen LogP contribution in [-0.4, -0.2) is 51.9 Å². The normalized spacial score (nSPS) is 13.4. The van der Waals surface area contributed by atoms with Gasteiger partial charge in [0.25, 0.3) is 0 Å². The molecule has 3 rings (SSSR count). The summed E-state index contributed by atoms with van der Waals surface area (Å²) in [6, 6.07) is 3.00. The maximum atomic E-state index is 12.7. The van der Waals surface area contributed by atoms with Gasteiger partial charge in [-0.2, -0.15) is 13.2 Å². The Bertz CT molecular complexity index is 1180. The summed E-state index contributed by atoms with van der Waals surface area (Å²) in [4.78, 5) is 35.2. The number of nitrogens with two attached hydrogens (primary N) is 1. The van der Waals surface area contributed by atoms with E-state index in [2.05, 4.69) is 9.97 Å². The number of fused-ring (bicyclic) bond motifs is 1. The number of amides is 1. The number of benzene rings is 1. The zero-order valence-electron chi connectivity index (χ0n) is 21.5. The molecule has 0 saturated carbocycles. The van der Waals surface area contributed by atoms with Crippen molar-refractivity contribution in [1.82, 2.24) is 14.9 Å². The van der Waals surface area contributed by atoms with E-state index >= 15 is 0 Å². The number of anilines is 1. The van der Waals surface area contributed by atoms with E-state index in [1.807, 2.05) is 0 Å². The third kappa shape index (κ3) is 7.23. The molecule has 2 heterocycles. The average molecular weight is 525 g/mol. The third-order valence-electron chi connectivity index (χ3n) is 5.36. The zero-order valence-corrected chi connectivity index (χ0v) is 21.5. The first-order chi connectivity index (χ1) is 17.2. The summed E-state index contributed by atoms with van der Waals surface area (Å²) in [6.07, 6.45) is -6.14. The third-order valence-corrected chi connectivity index (χ3v) is 5.36. The van der Waals surface area contributed by atoms with Crippen molar-refractivity contribution in [3.05, 3.63) is 34.5 Å². The maximum absolute atomic E-state index is 12.7. The number of carbonyl (C=O) groups is 2. The largest absolute Gasteiger partial charge is 0.493 e. The molecule has 1 aromatic heterocycles. The summed E-state index contributed by atoms with van der Waals surface area (Å²) in [5, 5.41) is 0. The van der Waals surface area contributed by atoms with E-state index in [9.17, 15) is 22.8 Å². The zero-order chi connectivity index (χ0) is 27.5. The molecule has 1 aromatic carbocycles. The molecule has 202 valence electrons. The standard InChI is InChI=1S/C25H31F3N4O5/c1-6-35-21(33)15-10-14(2)19(18(11-15)36-9-7-8-25(26,27)28)20-16-12-32(23(34)37-24(3,4)5)13-17(16)30-22(29)31-20/h10-11H,6-9,12-13H2,1-5H3,(H2,29,30,31). The van der Waals surface area contributed by atoms with Gasteiger partial charge in [-0.15, -0.1) is 0 Å². The number of carbonyl (C=O) groups excluding carboxylic acids is 2. The summed E-state index contributed by atoms with van der Waals surface area (Å²) < 4.78 is 54.3. The van der Waals surface area contributed by atoms with Crippen molar-refractivity contribution < 1.29 is 37.0 Å². The van der Waals surface area contributed by atoms with Crippen molar-refractivity contribution in [3.8, 4) is 17.0 Å². The number of nitrogens with zero attached hydrogens (tertiary/aromatic N) is 3. The van der Waals surface area contributed by atoms with Gasteiger partial charge < -0.3 is 19.9 Å². The Morgan fingerprint density at radius 1 is 1.14 bits per heavy atom. The molecular formula is C25H31F3N4O5. The number of rotatable bonds is 7. The summed E-state index contributed by atoms with van der Waals surface area (Å²) >= 11 is 0. The summed E-state index contributed by atoms with van der Waals surface area (Å²) in [5.41, 5.74) is 7.96. The van der Waals surface area contributed by atoms with Crippen LogP contribution in [-0.2, 0) is 22.6 Å². The minimum absolute atomic E-state index is 0.0447. The molecule has 0 radical (unpaired) electrons. The Hall–Kier alpha value is -3.57. The molecule has 0 bridgehead atoms. The van der Waals surface area contributed by atoms with Crippen molar-refractivity contribution in [2.24, 2.45) is 0 Å². The van der Waals surface area contributed by atoms with Gasteiger partial charge in [0.15, 0.2) is 0 Å². The first-order valence-electron chi connectivity index (χ1n) is 11.8. The number of hydrogen-bond donors (Lipinski definition) is 1. The Morgan fingerprint density at radius 2 is 1.84 bits per heavy atom. The first kappa shape index (κ1) is 28.0. The number of aromatic nitrogens is 2. The Labute approximate surface area is 213 Å². The second kappa shape index (κ2) is 10.8. The second-order valence-corrected chi connectivity index (χ2v) is 9.65. The molecule has 0 spiro atoms. The number of nitrogen functional groups attached to an aromatic ring is 1. The van der Waals surface area contributed by atoms with E-state index in [0.717, 1.165) is 0 Å². The predicted molar refractivity (Wildman–Crippen MR) is 129 cm³/mol. The van der Waals surface area contributed by atoms with Gasteiger partial charge in [0.05, 0.1) is 43.3 Å². The quantitative estimate of drug-likeness (QED) is 0.389. The van der Waals surface area contributed by atoms with Crippen LogP contribution in [0.15, 0.2) is 12.1 Å². The smallest absolute Gasteiger partial charge is 0.410 e. The fourth-order valence-corrected chi connectivity index (χ4v) is 3.90. The van der Waals surface area contributed by atoms with Crippen LogP contribution in [0.3, 0.4) is 0 Å². The molecule has 37 heavy (non-hydrogen) atoms. The number of halogens is 3. The fourth-order valence-electron chi connectivity index (χ4n) is 3.90. The van der Waals surface area contributed by atoms with Gasteiger partial charge in [0, 0.05) is 17.5 Å². The lowest BCUT2D eigenvalue weighted by Gasteiger charge is -2.24. The summed E-state index contributed by atoms with van der Waals surface area (Å²) in [5.74, 6) is -0.487. The van der Waals surface area contributed by atoms with Crippen molar-refractivity contribution in [3.63, 3.8) is 0 Å². The summed E-state index contributed by atoms with van der Waals surface area (Å²) in [7, 11) is 0. The van der Waals surface area contributed by atoms with Gasteiger partial charge in [-0.3, -0.25) is 4.90 Å². The first-order valence-corrected chi connectivity index (χ1v) is 11.8. The van der Waals surface area contributed by atoms with Gasteiger partial charge >= 0.3 is 18.2 Å². The molecule has 1 aliphatic rings. The van der Waals surface area contributed by atoms with E-state index in [1.165, 1.54) is 11.0 Å². The van der Waals surface area contributed by atoms with Crippen molar-refractivity contribution >= 4 is 18.0 Å². The van der Waals surface area contributed by atoms with Crippen LogP contribution in [0.2, 0.25) is 0 Å². The Kier molecular flexibility index (Phi) is 8.19. The van der Waals surface area contributed by atoms with Crippen molar-refractivity contribution in [2.75, 3.05) is 18.9 Å². The molecule has 2 N–H and O–H groups in total. The lowest BCUT2D eigenvalue weighted by Crippen LogP contribution is -2.33. The topological polar surface area (TPSA) is 117 Å². The van der Waals surface area contributed by atoms with Crippen LogP contribution >= 0.6 is 0 Å². The van der Waals surface area contributed by atoms with Crippen molar-refractivity contribution in [2.45, 2.75) is 72.3 Å². The summed E-state index contributed by atoms with van der Waals surface area (Å²) in [6.45, 7) is 8.83. The average Bonchev–Trinajstić information content (AvgIpc) is 3.18. The van der Waals surface area contributed by atoms with Crippen LogP contribution in [0.1, 0.15) is 67.7 Å². The Morgan fingerprint density at radius 3 is 2.46 bits per heavy atom. The molecule has 0 aliphatic carbocycles. The van der Waals surface area contributed by atoms with Crippen LogP contribution in [0.25, 0.3) is 11.3 Å². The molecular weight excluding hydrogens is 493 g/mol. The van der Waals surface area contributed by atoms with E-state index in [0.29, 0.717) is 28.1 Å². The van der Waals surface area contributed by atoms with Gasteiger partial charge in [0.1, 0.15) is 11.4 Å². The number of hydrogen-bond acceptors (Lipinski definition) is 8. The molecule has 1 aliphatic heterocycles. The molecule has 0 saturated heterocycles. The maximum Gasteiger partial charge on any atom is 0.410 e. The highest BCUT2D eigenvalue weighted by Gasteiger charge is 2.33. The van der Waals surface area contributed by atoms with E-state index in [1.54, 1.807) is 40.7 Å². The monoisotopic (exact) mass is 524 g/mol. The second-order valence-electron chi connectivity index (χ2n) is 9.65. The highest BCUT2D eigenvalue weighted by molar-refractivity contribution is 5.92. The molecule has 0 fully saturated rings. The Balaban J connectivity index is 2.03. The van der Waals surface area contributed by atoms with Crippen LogP contribution in [0, 0.1) is 6.92 Å². The highest BCUT2D eigenvalue weighted by atomic mass is 19.4. The van der Waals surface area contributed by atoms with E-state index < -0.39 is 30.3 Å². The molecule has 0 unspecified atom stereocenters. The van der Waals surface area contributed by atoms with Gasteiger partial charge in [-0.05, 0) is 58.7 Å². The number of esters is 1. The fraction of sp³-hybridized carbons (Fsp3) is 0.520. The lowest BCUT2D eigenvalue weighted by atomic mass is 9.97. The van der Waals surface area contributed by atoms with Crippen LogP contribution < -0.4 is 10.5 Å². The molecule has 1 amide bonds. The lowest BCUT2D eigenvalue weighted by molar-refractivity contribution is -0.136. The van der Waals surface area contributed by atoms with Crippen molar-refractivity contribution in [1.29, 1.82) is 0 Å². The molecule has 12 heteroatoms. The number of alkyl halides is 3. The number of aryl methyl sites for hydroxylation is 1. The minimum Gasteiger partial charge on any atom is -0.493 e. The minimum atomic E-state index is -4.32. The predicted octanol–water partition coefficient (Wildman–Crippen LogP) is 5.18. The molecule has 9 nitrogen and oxygen atoms in total. The SMILES string of the molecule is CCOC(=O)c1cc(C)c(-c2nc(N)nc3c2CN(C(=O)OC(C)(C)C)C3)c(OCCCC(F)(F)F)c1. The van der Waals surface area contributed by atoms with Gasteiger partial charge in [0.2, 0.25) is 5.95 Å². The van der Waals surface area contributed by atoms with E-state index in [4.69, 9.17) is 19.9 Å². The van der Waals surface area contributed by atoms with Gasteiger partial charge in [-0.1, -0.05) is 0 Å². The van der Waals surface area contributed by atoms with E-state index in [-0.39, 0.29) is 50.0 Å². The molecule has 2 aromatic rings. The molecule has 0 atom stereocenters. The van der Waals surface area contributed by atoms with Crippen LogP contribution in [0.4, 0.5) is 23.9 Å².